The standard InChI is InChI=1S/C28H20N2O4/c31-27(21-13-5-7-15-29-21)33-25-23-17-9-1-2-10-18(17)24(20-12-4-3-11-19(20)23)26(25)34-28(32)22-14-6-8-16-30-22/h1-16,23-26H/t23-,24-,25?,26?. The molecule has 2 atom stereocenters. The van der Waals surface area contributed by atoms with E-state index in [1.807, 2.05) is 24.3 Å². The van der Waals surface area contributed by atoms with Crippen molar-refractivity contribution in [2.45, 2.75) is 24.0 Å². The second kappa shape index (κ2) is 8.23. The molecule has 166 valence electrons. The minimum absolute atomic E-state index is 0.209. The molecule has 34 heavy (non-hydrogen) atoms. The van der Waals surface area contributed by atoms with Crippen molar-refractivity contribution in [3.05, 3.63) is 131 Å². The lowest BCUT2D eigenvalue weighted by Crippen LogP contribution is -2.51. The maximum absolute atomic E-state index is 13.1. The van der Waals surface area contributed by atoms with Crippen molar-refractivity contribution < 1.29 is 19.1 Å². The van der Waals surface area contributed by atoms with Crippen molar-refractivity contribution in [1.82, 2.24) is 9.97 Å². The van der Waals surface area contributed by atoms with E-state index < -0.39 is 24.1 Å². The zero-order valence-corrected chi connectivity index (χ0v) is 18.1. The molecule has 4 aromatic rings. The van der Waals surface area contributed by atoms with Gasteiger partial charge in [0.1, 0.15) is 11.4 Å². The molecule has 2 aromatic carbocycles. The minimum Gasteiger partial charge on any atom is -0.453 e. The Kier molecular flexibility index (Phi) is 4.91. The Bertz CT molecular complexity index is 1220. The lowest BCUT2D eigenvalue weighted by Gasteiger charge is -2.48. The van der Waals surface area contributed by atoms with Crippen molar-refractivity contribution in [2.24, 2.45) is 0 Å². The number of fused-ring (bicyclic) bond motifs is 1. The summed E-state index contributed by atoms with van der Waals surface area (Å²) in [6.07, 6.45) is 1.67. The molecule has 0 N–H and O–H groups in total. The van der Waals surface area contributed by atoms with Gasteiger partial charge in [-0.2, -0.15) is 0 Å². The topological polar surface area (TPSA) is 78.4 Å². The van der Waals surface area contributed by atoms with Crippen LogP contribution in [0.3, 0.4) is 0 Å². The number of carbonyl (C=O) groups is 2. The maximum Gasteiger partial charge on any atom is 0.357 e. The molecule has 3 aliphatic rings. The molecule has 0 aliphatic heterocycles. The Hall–Kier alpha value is -4.32. The lowest BCUT2D eigenvalue weighted by molar-refractivity contribution is -0.0562. The first-order chi connectivity index (χ1) is 16.7. The van der Waals surface area contributed by atoms with Crippen LogP contribution in [0, 0.1) is 0 Å². The highest BCUT2D eigenvalue weighted by Crippen LogP contribution is 2.54. The van der Waals surface area contributed by atoms with Crippen LogP contribution in [0.25, 0.3) is 0 Å². The number of hydrogen-bond donors (Lipinski definition) is 0. The SMILES string of the molecule is O=C(OC1C(OC(=O)c2ccccn2)[C@H]2c3ccccc3[C@H]1c1ccccc12)c1ccccn1. The van der Waals surface area contributed by atoms with Crippen LogP contribution in [0.15, 0.2) is 97.3 Å². The first kappa shape index (κ1) is 20.3. The molecule has 2 unspecified atom stereocenters. The number of benzene rings is 2. The number of aromatic nitrogens is 2. The summed E-state index contributed by atoms with van der Waals surface area (Å²) in [7, 11) is 0. The quantitative estimate of drug-likeness (QED) is 0.427. The van der Waals surface area contributed by atoms with Crippen LogP contribution in [0.5, 0.6) is 0 Å². The Morgan fingerprint density at radius 2 is 0.882 bits per heavy atom. The summed E-state index contributed by atoms with van der Waals surface area (Å²) in [5, 5.41) is 0. The Balaban J connectivity index is 1.46. The van der Waals surface area contributed by atoms with E-state index >= 15 is 0 Å². The van der Waals surface area contributed by atoms with Crippen molar-refractivity contribution in [3.63, 3.8) is 0 Å². The second-order valence-corrected chi connectivity index (χ2v) is 8.38. The molecule has 6 nitrogen and oxygen atoms in total. The fourth-order valence-corrected chi connectivity index (χ4v) is 5.18. The van der Waals surface area contributed by atoms with E-state index in [0.29, 0.717) is 0 Å². The first-order valence-corrected chi connectivity index (χ1v) is 11.1. The minimum atomic E-state index is -0.711. The van der Waals surface area contributed by atoms with E-state index in [-0.39, 0.29) is 23.2 Å². The third-order valence-corrected chi connectivity index (χ3v) is 6.55. The number of esters is 2. The zero-order valence-electron chi connectivity index (χ0n) is 18.1. The summed E-state index contributed by atoms with van der Waals surface area (Å²) in [5.41, 5.74) is 4.73. The van der Waals surface area contributed by atoms with Gasteiger partial charge in [0, 0.05) is 12.4 Å². The summed E-state index contributed by atoms with van der Waals surface area (Å²) in [6.45, 7) is 0. The van der Waals surface area contributed by atoms with Gasteiger partial charge in [-0.1, -0.05) is 60.7 Å². The summed E-state index contributed by atoms with van der Waals surface area (Å²) in [6, 6.07) is 26.3. The van der Waals surface area contributed by atoms with E-state index in [2.05, 4.69) is 34.2 Å². The van der Waals surface area contributed by atoms with E-state index in [9.17, 15) is 9.59 Å². The predicted octanol–water partition coefficient (Wildman–Crippen LogP) is 4.52. The van der Waals surface area contributed by atoms with E-state index in [0.717, 1.165) is 22.3 Å². The summed E-state index contributed by atoms with van der Waals surface area (Å²) < 4.78 is 12.2. The third kappa shape index (κ3) is 3.27. The van der Waals surface area contributed by atoms with Crippen molar-refractivity contribution in [3.8, 4) is 0 Å². The highest BCUT2D eigenvalue weighted by Gasteiger charge is 2.53. The number of carbonyl (C=O) groups excluding carboxylic acids is 2. The number of hydrogen-bond acceptors (Lipinski definition) is 6. The predicted molar refractivity (Wildman–Crippen MR) is 123 cm³/mol. The van der Waals surface area contributed by atoms with Gasteiger partial charge in [-0.25, -0.2) is 19.6 Å². The fraction of sp³-hybridized carbons (Fsp3) is 0.143. The van der Waals surface area contributed by atoms with Gasteiger partial charge in [-0.05, 0) is 46.5 Å². The first-order valence-electron chi connectivity index (χ1n) is 11.1. The molecule has 0 radical (unpaired) electrons. The molecule has 0 saturated carbocycles. The molecule has 2 aromatic heterocycles. The third-order valence-electron chi connectivity index (χ3n) is 6.55. The number of rotatable bonds is 4. The van der Waals surface area contributed by atoms with Crippen LogP contribution in [-0.4, -0.2) is 34.1 Å². The molecular weight excluding hydrogens is 428 g/mol. The van der Waals surface area contributed by atoms with Gasteiger partial charge in [0.25, 0.3) is 0 Å². The van der Waals surface area contributed by atoms with Gasteiger partial charge >= 0.3 is 11.9 Å². The molecule has 7 rings (SSSR count). The van der Waals surface area contributed by atoms with Crippen molar-refractivity contribution in [2.75, 3.05) is 0 Å². The lowest BCUT2D eigenvalue weighted by atomic mass is 9.61. The van der Waals surface area contributed by atoms with Crippen LogP contribution in [-0.2, 0) is 9.47 Å². The van der Waals surface area contributed by atoms with Crippen LogP contribution in [0.1, 0.15) is 55.1 Å². The molecule has 0 spiro atoms. The number of nitrogens with zero attached hydrogens (tertiary/aromatic N) is 2. The zero-order chi connectivity index (χ0) is 23.1. The molecule has 0 amide bonds. The van der Waals surface area contributed by atoms with Crippen LogP contribution in [0.4, 0.5) is 0 Å². The normalized spacial score (nSPS) is 21.8. The van der Waals surface area contributed by atoms with Gasteiger partial charge in [0.2, 0.25) is 0 Å². The summed E-state index contributed by atoms with van der Waals surface area (Å²) in [5.74, 6) is -1.64. The van der Waals surface area contributed by atoms with Gasteiger partial charge in [-0.3, -0.25) is 0 Å². The molecule has 2 bridgehead atoms. The van der Waals surface area contributed by atoms with Gasteiger partial charge in [0.15, 0.2) is 12.2 Å². The Morgan fingerprint density at radius 1 is 0.529 bits per heavy atom. The average molecular weight is 448 g/mol. The molecule has 0 fully saturated rings. The van der Waals surface area contributed by atoms with Gasteiger partial charge < -0.3 is 9.47 Å². The second-order valence-electron chi connectivity index (χ2n) is 8.38. The van der Waals surface area contributed by atoms with Crippen molar-refractivity contribution in [1.29, 1.82) is 0 Å². The van der Waals surface area contributed by atoms with Crippen molar-refractivity contribution >= 4 is 11.9 Å². The van der Waals surface area contributed by atoms with E-state index in [1.165, 1.54) is 0 Å². The Labute approximate surface area is 196 Å². The Morgan fingerprint density at radius 3 is 1.21 bits per heavy atom. The van der Waals surface area contributed by atoms with E-state index in [4.69, 9.17) is 9.47 Å². The summed E-state index contributed by atoms with van der Waals surface area (Å²) >= 11 is 0. The van der Waals surface area contributed by atoms with Gasteiger partial charge in [-0.15, -0.1) is 0 Å². The monoisotopic (exact) mass is 448 g/mol. The molecule has 2 heterocycles. The maximum atomic E-state index is 13.1. The summed E-state index contributed by atoms with van der Waals surface area (Å²) in [4.78, 5) is 34.4. The fourth-order valence-electron chi connectivity index (χ4n) is 5.18. The smallest absolute Gasteiger partial charge is 0.357 e. The molecular formula is C28H20N2O4. The highest BCUT2D eigenvalue weighted by atomic mass is 16.6. The number of pyridine rings is 2. The average Bonchev–Trinajstić information content (AvgIpc) is 2.90. The molecule has 6 heteroatoms. The molecule has 3 aliphatic carbocycles. The highest BCUT2D eigenvalue weighted by molar-refractivity contribution is 5.88. The van der Waals surface area contributed by atoms with Gasteiger partial charge in [0.05, 0.1) is 11.8 Å². The van der Waals surface area contributed by atoms with Crippen LogP contribution in [0.2, 0.25) is 0 Å². The van der Waals surface area contributed by atoms with E-state index in [1.54, 1.807) is 48.8 Å². The largest absolute Gasteiger partial charge is 0.453 e. The number of ether oxygens (including phenoxy) is 2. The molecule has 0 saturated heterocycles. The van der Waals surface area contributed by atoms with Crippen LogP contribution < -0.4 is 0 Å². The van der Waals surface area contributed by atoms with Crippen LogP contribution >= 0.6 is 0 Å².